The number of carbonyl (C=O) groups excluding carboxylic acids is 1. The summed E-state index contributed by atoms with van der Waals surface area (Å²) in [5, 5.41) is 1.08. The number of benzene rings is 1. The van der Waals surface area contributed by atoms with Crippen LogP contribution in [-0.2, 0) is 6.42 Å². The van der Waals surface area contributed by atoms with Gasteiger partial charge in [0.05, 0.1) is 5.52 Å². The Labute approximate surface area is 98.2 Å². The van der Waals surface area contributed by atoms with E-state index in [2.05, 4.69) is 9.98 Å². The molecule has 1 aromatic carbocycles. The number of nitrogens with two attached hydrogens (primary N) is 1. The topological polar surface area (TPSA) is 68.3 Å². The van der Waals surface area contributed by atoms with Gasteiger partial charge in [0.2, 0.25) is 5.91 Å². The summed E-state index contributed by atoms with van der Waals surface area (Å²) in [5.41, 5.74) is 8.88. The molecule has 2 N–H and O–H groups in total. The van der Waals surface area contributed by atoms with E-state index in [4.69, 9.17) is 5.73 Å². The number of primary amides is 1. The number of nitrogens with zero attached hydrogens (tertiary/aromatic N) is 2. The third-order valence-electron chi connectivity index (χ3n) is 3.02. The maximum Gasteiger partial charge on any atom is 0.248 e. The molecule has 0 saturated carbocycles. The molecule has 84 valence electrons. The maximum absolute atomic E-state index is 11.1. The predicted octanol–water partition coefficient (Wildman–Crippen LogP) is 1.31. The Bertz CT molecular complexity index is 646. The van der Waals surface area contributed by atoms with E-state index in [1.165, 1.54) is 5.56 Å². The largest absolute Gasteiger partial charge is 0.366 e. The van der Waals surface area contributed by atoms with E-state index in [1.807, 2.05) is 12.3 Å². The van der Waals surface area contributed by atoms with Crippen molar-refractivity contribution >= 4 is 23.0 Å². The Morgan fingerprint density at radius 2 is 2.24 bits per heavy atom. The van der Waals surface area contributed by atoms with E-state index in [9.17, 15) is 4.79 Å². The normalized spacial score (nSPS) is 13.6. The van der Waals surface area contributed by atoms with Crippen molar-refractivity contribution < 1.29 is 4.79 Å². The van der Waals surface area contributed by atoms with E-state index < -0.39 is 5.91 Å². The zero-order valence-corrected chi connectivity index (χ0v) is 9.18. The zero-order chi connectivity index (χ0) is 11.8. The van der Waals surface area contributed by atoms with Gasteiger partial charge in [0, 0.05) is 35.5 Å². The van der Waals surface area contributed by atoms with Crippen LogP contribution in [0.3, 0.4) is 0 Å². The fraction of sp³-hybridized carbons (Fsp3) is 0.154. The molecule has 17 heavy (non-hydrogen) atoms. The van der Waals surface area contributed by atoms with Crippen LogP contribution < -0.4 is 5.73 Å². The average molecular weight is 225 g/mol. The Hall–Kier alpha value is -2.23. The highest BCUT2D eigenvalue weighted by atomic mass is 16.1. The molecule has 1 amide bonds. The second-order valence-corrected chi connectivity index (χ2v) is 4.07. The van der Waals surface area contributed by atoms with Crippen molar-refractivity contribution in [1.29, 1.82) is 0 Å². The number of aromatic nitrogens is 1. The van der Waals surface area contributed by atoms with Crippen molar-refractivity contribution in [3.05, 3.63) is 41.1 Å². The Morgan fingerprint density at radius 3 is 3.06 bits per heavy atom. The van der Waals surface area contributed by atoms with Crippen molar-refractivity contribution in [2.24, 2.45) is 10.7 Å². The van der Waals surface area contributed by atoms with Crippen molar-refractivity contribution in [2.45, 2.75) is 6.42 Å². The van der Waals surface area contributed by atoms with Gasteiger partial charge in [0.25, 0.3) is 0 Å². The van der Waals surface area contributed by atoms with Gasteiger partial charge < -0.3 is 5.73 Å². The highest BCUT2D eigenvalue weighted by Gasteiger charge is 2.11. The molecule has 1 aliphatic rings. The molecule has 3 rings (SSSR count). The van der Waals surface area contributed by atoms with Crippen LogP contribution in [0, 0.1) is 0 Å². The van der Waals surface area contributed by atoms with Crippen LogP contribution in [0.15, 0.2) is 29.4 Å². The van der Waals surface area contributed by atoms with E-state index in [-0.39, 0.29) is 0 Å². The number of pyridine rings is 1. The van der Waals surface area contributed by atoms with Gasteiger partial charge >= 0.3 is 0 Å². The van der Waals surface area contributed by atoms with Crippen LogP contribution in [0.4, 0.5) is 0 Å². The van der Waals surface area contributed by atoms with Gasteiger partial charge in [-0.15, -0.1) is 0 Å². The molecule has 0 unspecified atom stereocenters. The van der Waals surface area contributed by atoms with E-state index >= 15 is 0 Å². The van der Waals surface area contributed by atoms with Gasteiger partial charge in [0.1, 0.15) is 0 Å². The van der Waals surface area contributed by atoms with Gasteiger partial charge in [-0.25, -0.2) is 0 Å². The van der Waals surface area contributed by atoms with Crippen LogP contribution in [-0.4, -0.2) is 23.7 Å². The summed E-state index contributed by atoms with van der Waals surface area (Å²) in [5.74, 6) is -0.423. The minimum atomic E-state index is -0.423. The minimum absolute atomic E-state index is 0.423. The van der Waals surface area contributed by atoms with Crippen LogP contribution in [0.1, 0.15) is 21.5 Å². The molecule has 0 spiro atoms. The van der Waals surface area contributed by atoms with Gasteiger partial charge in [-0.05, 0) is 24.1 Å². The molecule has 0 saturated heterocycles. The summed E-state index contributed by atoms with van der Waals surface area (Å²) < 4.78 is 0. The summed E-state index contributed by atoms with van der Waals surface area (Å²) in [6, 6.07) is 5.41. The van der Waals surface area contributed by atoms with Crippen LogP contribution in [0.2, 0.25) is 0 Å². The molecular formula is C13H11N3O. The van der Waals surface area contributed by atoms with Crippen molar-refractivity contribution in [3.8, 4) is 0 Å². The molecule has 0 atom stereocenters. The SMILES string of the molecule is NC(=O)c1ccc2c3c(cnc2c1)C=NCC3. The molecule has 1 aromatic heterocycles. The third kappa shape index (κ3) is 1.58. The van der Waals surface area contributed by atoms with Crippen LogP contribution in [0.5, 0.6) is 0 Å². The van der Waals surface area contributed by atoms with E-state index in [0.29, 0.717) is 5.56 Å². The molecule has 0 bridgehead atoms. The molecule has 0 aliphatic carbocycles. The highest BCUT2D eigenvalue weighted by Crippen LogP contribution is 2.23. The molecular weight excluding hydrogens is 214 g/mol. The average Bonchev–Trinajstić information content (AvgIpc) is 2.38. The second kappa shape index (κ2) is 3.66. The molecule has 4 nitrogen and oxygen atoms in total. The highest BCUT2D eigenvalue weighted by molar-refractivity contribution is 5.99. The Kier molecular flexibility index (Phi) is 2.14. The summed E-state index contributed by atoms with van der Waals surface area (Å²) in [4.78, 5) is 19.7. The number of hydrogen-bond donors (Lipinski definition) is 1. The van der Waals surface area contributed by atoms with Crippen molar-refractivity contribution in [3.63, 3.8) is 0 Å². The molecule has 1 aliphatic heterocycles. The summed E-state index contributed by atoms with van der Waals surface area (Å²) >= 11 is 0. The Morgan fingerprint density at radius 1 is 1.35 bits per heavy atom. The lowest BCUT2D eigenvalue weighted by atomic mass is 9.98. The summed E-state index contributed by atoms with van der Waals surface area (Å²) in [7, 11) is 0. The van der Waals surface area contributed by atoms with E-state index in [0.717, 1.165) is 29.4 Å². The maximum atomic E-state index is 11.1. The number of amides is 1. The third-order valence-corrected chi connectivity index (χ3v) is 3.02. The fourth-order valence-corrected chi connectivity index (χ4v) is 2.15. The first-order valence-corrected chi connectivity index (χ1v) is 5.47. The van der Waals surface area contributed by atoms with Crippen LogP contribution in [0.25, 0.3) is 10.9 Å². The monoisotopic (exact) mass is 225 g/mol. The fourth-order valence-electron chi connectivity index (χ4n) is 2.15. The molecule has 0 radical (unpaired) electrons. The smallest absolute Gasteiger partial charge is 0.248 e. The predicted molar refractivity (Wildman–Crippen MR) is 66.4 cm³/mol. The van der Waals surface area contributed by atoms with Gasteiger partial charge in [-0.2, -0.15) is 0 Å². The standard InChI is InChI=1S/C13H11N3O/c14-13(17)8-1-2-11-10-3-4-15-6-9(10)7-16-12(11)5-8/h1-2,5-7H,3-4H2,(H2,14,17). The summed E-state index contributed by atoms with van der Waals surface area (Å²) in [6.07, 6.45) is 4.57. The summed E-state index contributed by atoms with van der Waals surface area (Å²) in [6.45, 7) is 0.809. The van der Waals surface area contributed by atoms with Gasteiger partial charge in [-0.1, -0.05) is 6.07 Å². The van der Waals surface area contributed by atoms with E-state index in [1.54, 1.807) is 18.3 Å². The first-order chi connectivity index (χ1) is 8.25. The number of fused-ring (bicyclic) bond motifs is 3. The molecule has 0 fully saturated rings. The molecule has 2 heterocycles. The first kappa shape index (κ1) is 9.96. The molecule has 2 aromatic rings. The lowest BCUT2D eigenvalue weighted by molar-refractivity contribution is 0.100. The second-order valence-electron chi connectivity index (χ2n) is 4.07. The zero-order valence-electron chi connectivity index (χ0n) is 9.18. The van der Waals surface area contributed by atoms with Crippen molar-refractivity contribution in [1.82, 2.24) is 4.98 Å². The number of rotatable bonds is 1. The number of hydrogen-bond acceptors (Lipinski definition) is 3. The molecule has 4 heteroatoms. The number of aliphatic imine (C=N–C) groups is 1. The minimum Gasteiger partial charge on any atom is -0.366 e. The van der Waals surface area contributed by atoms with Crippen molar-refractivity contribution in [2.75, 3.05) is 6.54 Å². The lowest BCUT2D eigenvalue weighted by Crippen LogP contribution is -2.11. The number of carbonyl (C=O) groups is 1. The van der Waals surface area contributed by atoms with Crippen LogP contribution >= 0.6 is 0 Å². The van der Waals surface area contributed by atoms with Gasteiger partial charge in [0.15, 0.2) is 0 Å². The lowest BCUT2D eigenvalue weighted by Gasteiger charge is -2.12. The Balaban J connectivity index is 2.28. The van der Waals surface area contributed by atoms with Gasteiger partial charge in [-0.3, -0.25) is 14.8 Å². The first-order valence-electron chi connectivity index (χ1n) is 5.47. The quantitative estimate of drug-likeness (QED) is 0.795.